The highest BCUT2D eigenvalue weighted by Crippen LogP contribution is 2.04. The third-order valence-corrected chi connectivity index (χ3v) is 1.92. The second kappa shape index (κ2) is 6.16. The lowest BCUT2D eigenvalue weighted by Crippen LogP contribution is -2.29. The van der Waals surface area contributed by atoms with E-state index in [1.165, 1.54) is 7.11 Å². The first-order chi connectivity index (χ1) is 7.27. The lowest BCUT2D eigenvalue weighted by atomic mass is 10.2. The van der Waals surface area contributed by atoms with Crippen molar-refractivity contribution in [3.05, 3.63) is 35.9 Å². The number of aliphatic hydroxyl groups is 1. The maximum Gasteiger partial charge on any atom is 0.337 e. The molecule has 82 valence electrons. The first-order valence-electron chi connectivity index (χ1n) is 4.62. The minimum absolute atomic E-state index is 0.279. The molecule has 0 aromatic heterocycles. The Kier molecular flexibility index (Phi) is 4.80. The molecule has 1 N–H and O–H groups in total. The molecule has 0 fully saturated rings. The summed E-state index contributed by atoms with van der Waals surface area (Å²) in [6, 6.07) is 9.42. The van der Waals surface area contributed by atoms with Crippen molar-refractivity contribution >= 4 is 5.97 Å². The maximum absolute atomic E-state index is 11.1. The van der Waals surface area contributed by atoms with Crippen molar-refractivity contribution in [2.24, 2.45) is 0 Å². The molecule has 0 radical (unpaired) electrons. The number of hydrogen-bond acceptors (Lipinski definition) is 4. The summed E-state index contributed by atoms with van der Waals surface area (Å²) in [6.45, 7) is -0.0966. The van der Waals surface area contributed by atoms with E-state index in [2.05, 4.69) is 4.74 Å². The monoisotopic (exact) mass is 210 g/mol. The van der Waals surface area contributed by atoms with E-state index in [0.29, 0.717) is 0 Å². The second-order valence-corrected chi connectivity index (χ2v) is 2.99. The number of carbonyl (C=O) groups is 1. The van der Waals surface area contributed by atoms with Gasteiger partial charge in [0.1, 0.15) is 0 Å². The van der Waals surface area contributed by atoms with E-state index in [-0.39, 0.29) is 13.2 Å². The smallest absolute Gasteiger partial charge is 0.337 e. The zero-order chi connectivity index (χ0) is 11.1. The van der Waals surface area contributed by atoms with Crippen molar-refractivity contribution in [2.45, 2.75) is 12.7 Å². The van der Waals surface area contributed by atoms with Crippen LogP contribution in [0.3, 0.4) is 0 Å². The van der Waals surface area contributed by atoms with Crippen molar-refractivity contribution in [1.82, 2.24) is 0 Å². The van der Waals surface area contributed by atoms with Gasteiger partial charge in [-0.15, -0.1) is 0 Å². The summed E-state index contributed by atoms with van der Waals surface area (Å²) in [5, 5.41) is 8.88. The Morgan fingerprint density at radius 3 is 2.60 bits per heavy atom. The number of esters is 1. The van der Waals surface area contributed by atoms with Crippen molar-refractivity contribution in [1.29, 1.82) is 0 Å². The summed E-state index contributed by atoms with van der Waals surface area (Å²) in [5.41, 5.74) is 0.944. The summed E-state index contributed by atoms with van der Waals surface area (Å²) in [5.74, 6) is -0.562. The van der Waals surface area contributed by atoms with Gasteiger partial charge in [0.05, 0.1) is 20.3 Å². The molecule has 1 atom stereocenters. The number of benzene rings is 1. The normalized spacial score (nSPS) is 12.1. The number of carbonyl (C=O) groups excluding carboxylic acids is 1. The molecule has 0 amide bonds. The summed E-state index contributed by atoms with van der Waals surface area (Å²) >= 11 is 0. The van der Waals surface area contributed by atoms with Crippen LogP contribution in [0.4, 0.5) is 0 Å². The molecule has 0 saturated heterocycles. The fraction of sp³-hybridized carbons (Fsp3) is 0.364. The zero-order valence-electron chi connectivity index (χ0n) is 8.55. The minimum Gasteiger partial charge on any atom is -0.467 e. The molecule has 4 nitrogen and oxygen atoms in total. The van der Waals surface area contributed by atoms with Crippen LogP contribution < -0.4 is 0 Å². The van der Waals surface area contributed by atoms with E-state index in [0.717, 1.165) is 5.56 Å². The van der Waals surface area contributed by atoms with Gasteiger partial charge in [-0.05, 0) is 5.56 Å². The van der Waals surface area contributed by atoms with Gasteiger partial charge in [-0.1, -0.05) is 30.3 Å². The van der Waals surface area contributed by atoms with Crippen LogP contribution >= 0.6 is 0 Å². The molecule has 0 saturated carbocycles. The molecule has 1 aromatic carbocycles. The molecule has 0 aliphatic carbocycles. The highest BCUT2D eigenvalue weighted by atomic mass is 16.6. The lowest BCUT2D eigenvalue weighted by Gasteiger charge is -2.12. The average Bonchev–Trinajstić information content (AvgIpc) is 2.31. The third-order valence-electron chi connectivity index (χ3n) is 1.92. The zero-order valence-corrected chi connectivity index (χ0v) is 8.55. The highest BCUT2D eigenvalue weighted by molar-refractivity contribution is 5.74. The molecule has 15 heavy (non-hydrogen) atoms. The fourth-order valence-electron chi connectivity index (χ4n) is 1.10. The minimum atomic E-state index is -0.907. The molecule has 4 heteroatoms. The Hall–Kier alpha value is -1.39. The number of rotatable bonds is 5. The SMILES string of the molecule is COC(=O)C(CO)OCc1ccccc1. The quantitative estimate of drug-likeness (QED) is 0.728. The van der Waals surface area contributed by atoms with E-state index >= 15 is 0 Å². The molecule has 0 aliphatic rings. The van der Waals surface area contributed by atoms with Crippen LogP contribution in [0.25, 0.3) is 0 Å². The molecular formula is C11H14O4. The summed E-state index contributed by atoms with van der Waals surface area (Å²) in [4.78, 5) is 11.1. The Bertz CT molecular complexity index is 297. The molecule has 0 spiro atoms. The van der Waals surface area contributed by atoms with Gasteiger partial charge in [-0.25, -0.2) is 4.79 Å². The van der Waals surface area contributed by atoms with Crippen molar-refractivity contribution < 1.29 is 19.4 Å². The number of ether oxygens (including phenoxy) is 2. The summed E-state index contributed by atoms with van der Waals surface area (Å²) < 4.78 is 9.67. The van der Waals surface area contributed by atoms with Gasteiger partial charge in [0, 0.05) is 0 Å². The molecule has 1 rings (SSSR count). The lowest BCUT2D eigenvalue weighted by molar-refractivity contribution is -0.157. The number of aliphatic hydroxyl groups excluding tert-OH is 1. The van der Waals surface area contributed by atoms with E-state index in [9.17, 15) is 4.79 Å². The van der Waals surface area contributed by atoms with Crippen molar-refractivity contribution in [3.8, 4) is 0 Å². The number of methoxy groups -OCH3 is 1. The van der Waals surface area contributed by atoms with Crippen molar-refractivity contribution in [2.75, 3.05) is 13.7 Å². The standard InChI is InChI=1S/C11H14O4/c1-14-11(13)10(7-12)15-8-9-5-3-2-4-6-9/h2-6,10,12H,7-8H2,1H3. The molecular weight excluding hydrogens is 196 g/mol. The van der Waals surface area contributed by atoms with E-state index in [1.54, 1.807) is 0 Å². The molecule has 1 unspecified atom stereocenters. The van der Waals surface area contributed by atoms with E-state index in [4.69, 9.17) is 9.84 Å². The topological polar surface area (TPSA) is 55.8 Å². The van der Waals surface area contributed by atoms with Gasteiger partial charge >= 0.3 is 5.97 Å². The third kappa shape index (κ3) is 3.69. The Morgan fingerprint density at radius 2 is 2.07 bits per heavy atom. The Balaban J connectivity index is 2.44. The van der Waals surface area contributed by atoms with Gasteiger partial charge in [0.2, 0.25) is 0 Å². The van der Waals surface area contributed by atoms with Gasteiger partial charge in [0.15, 0.2) is 6.10 Å². The van der Waals surface area contributed by atoms with Crippen LogP contribution in [0.2, 0.25) is 0 Å². The Labute approximate surface area is 88.4 Å². The van der Waals surface area contributed by atoms with Crippen LogP contribution in [-0.4, -0.2) is 30.9 Å². The fourth-order valence-corrected chi connectivity index (χ4v) is 1.10. The molecule has 0 bridgehead atoms. The summed E-state index contributed by atoms with van der Waals surface area (Å²) in [7, 11) is 1.26. The van der Waals surface area contributed by atoms with Gasteiger partial charge in [-0.2, -0.15) is 0 Å². The first-order valence-corrected chi connectivity index (χ1v) is 4.62. The van der Waals surface area contributed by atoms with Crippen LogP contribution in [0.15, 0.2) is 30.3 Å². The van der Waals surface area contributed by atoms with Crippen molar-refractivity contribution in [3.63, 3.8) is 0 Å². The van der Waals surface area contributed by atoms with Crippen LogP contribution in [0, 0.1) is 0 Å². The van der Waals surface area contributed by atoms with Crippen LogP contribution in [0.5, 0.6) is 0 Å². The maximum atomic E-state index is 11.1. The largest absolute Gasteiger partial charge is 0.467 e. The van der Waals surface area contributed by atoms with Gasteiger partial charge in [-0.3, -0.25) is 0 Å². The van der Waals surface area contributed by atoms with Crippen LogP contribution in [-0.2, 0) is 20.9 Å². The predicted molar refractivity (Wildman–Crippen MR) is 54.1 cm³/mol. The average molecular weight is 210 g/mol. The van der Waals surface area contributed by atoms with E-state index in [1.807, 2.05) is 30.3 Å². The van der Waals surface area contributed by atoms with Gasteiger partial charge in [0.25, 0.3) is 0 Å². The Morgan fingerprint density at radius 1 is 1.40 bits per heavy atom. The van der Waals surface area contributed by atoms with Crippen LogP contribution in [0.1, 0.15) is 5.56 Å². The predicted octanol–water partition coefficient (Wildman–Crippen LogP) is 0.737. The summed E-state index contributed by atoms with van der Waals surface area (Å²) in [6.07, 6.45) is -0.907. The number of hydrogen-bond donors (Lipinski definition) is 1. The van der Waals surface area contributed by atoms with E-state index < -0.39 is 12.1 Å². The van der Waals surface area contributed by atoms with Gasteiger partial charge < -0.3 is 14.6 Å². The molecule has 0 heterocycles. The molecule has 0 aliphatic heterocycles. The first kappa shape index (κ1) is 11.7. The highest BCUT2D eigenvalue weighted by Gasteiger charge is 2.18. The molecule has 1 aromatic rings. The second-order valence-electron chi connectivity index (χ2n) is 2.99.